The third-order valence-electron chi connectivity index (χ3n) is 2.15. The fraction of sp³-hybridized carbons (Fsp3) is 0.0769. The van der Waals surface area contributed by atoms with Crippen LogP contribution >= 0.6 is 23.4 Å². The monoisotopic (exact) mass is 252 g/mol. The number of hydrogen-bond donors (Lipinski definition) is 0. The third-order valence-corrected chi connectivity index (χ3v) is 3.43. The molecular weight excluding hydrogens is 243 g/mol. The summed E-state index contributed by atoms with van der Waals surface area (Å²) in [5.41, 5.74) is 0.715. The molecule has 0 saturated heterocycles. The molecule has 2 aromatic rings. The Bertz CT molecular complexity index is 485. The SMILES string of the molecule is Fc1ccccc1CSc1cccc(Cl)c1. The maximum atomic E-state index is 13.3. The molecule has 0 heterocycles. The molecule has 2 rings (SSSR count). The topological polar surface area (TPSA) is 0 Å². The van der Waals surface area contributed by atoms with Crippen LogP contribution in [0.15, 0.2) is 53.4 Å². The molecule has 0 fully saturated rings. The van der Waals surface area contributed by atoms with Gasteiger partial charge in [0.2, 0.25) is 0 Å². The Morgan fingerprint density at radius 3 is 2.62 bits per heavy atom. The fourth-order valence-corrected chi connectivity index (χ4v) is 2.53. The molecule has 0 bridgehead atoms. The summed E-state index contributed by atoms with van der Waals surface area (Å²) in [6, 6.07) is 14.4. The van der Waals surface area contributed by atoms with Crippen molar-refractivity contribution in [1.29, 1.82) is 0 Å². The molecule has 0 aliphatic heterocycles. The van der Waals surface area contributed by atoms with E-state index in [1.807, 2.05) is 30.3 Å². The predicted octanol–water partition coefficient (Wildman–Crippen LogP) is 4.77. The van der Waals surface area contributed by atoms with Gasteiger partial charge in [-0.15, -0.1) is 11.8 Å². The van der Waals surface area contributed by atoms with E-state index in [2.05, 4.69) is 0 Å². The van der Waals surface area contributed by atoms with Crippen molar-refractivity contribution in [2.75, 3.05) is 0 Å². The van der Waals surface area contributed by atoms with Crippen LogP contribution < -0.4 is 0 Å². The van der Waals surface area contributed by atoms with Gasteiger partial charge in [0.1, 0.15) is 5.82 Å². The van der Waals surface area contributed by atoms with E-state index in [0.717, 1.165) is 4.90 Å². The average Bonchev–Trinajstić information content (AvgIpc) is 2.28. The summed E-state index contributed by atoms with van der Waals surface area (Å²) in [5.74, 6) is 0.463. The summed E-state index contributed by atoms with van der Waals surface area (Å²) in [6.07, 6.45) is 0. The smallest absolute Gasteiger partial charge is 0.127 e. The van der Waals surface area contributed by atoms with Crippen molar-refractivity contribution >= 4 is 23.4 Å². The average molecular weight is 253 g/mol. The van der Waals surface area contributed by atoms with E-state index in [4.69, 9.17) is 11.6 Å². The van der Waals surface area contributed by atoms with Crippen LogP contribution in [0.3, 0.4) is 0 Å². The zero-order valence-electron chi connectivity index (χ0n) is 8.49. The van der Waals surface area contributed by atoms with Gasteiger partial charge in [-0.3, -0.25) is 0 Å². The summed E-state index contributed by atoms with van der Waals surface area (Å²) in [5, 5.41) is 0.707. The largest absolute Gasteiger partial charge is 0.207 e. The number of benzene rings is 2. The van der Waals surface area contributed by atoms with Crippen molar-refractivity contribution in [3.8, 4) is 0 Å². The molecule has 0 aromatic heterocycles. The standard InChI is InChI=1S/C13H10ClFS/c14-11-5-3-6-12(8-11)16-9-10-4-1-2-7-13(10)15/h1-8H,9H2. The Morgan fingerprint density at radius 1 is 1.06 bits per heavy atom. The Labute approximate surface area is 103 Å². The second-order valence-electron chi connectivity index (χ2n) is 3.34. The van der Waals surface area contributed by atoms with Crippen molar-refractivity contribution in [2.24, 2.45) is 0 Å². The molecular formula is C13H10ClFS. The molecule has 0 radical (unpaired) electrons. The molecule has 0 saturated carbocycles. The first-order valence-corrected chi connectivity index (χ1v) is 6.24. The first-order chi connectivity index (χ1) is 7.75. The van der Waals surface area contributed by atoms with Gasteiger partial charge in [-0.05, 0) is 29.8 Å². The quantitative estimate of drug-likeness (QED) is 0.709. The van der Waals surface area contributed by atoms with Gasteiger partial charge in [-0.1, -0.05) is 35.9 Å². The molecule has 82 valence electrons. The molecule has 0 unspecified atom stereocenters. The molecule has 0 atom stereocenters. The molecule has 2 aromatic carbocycles. The minimum Gasteiger partial charge on any atom is -0.207 e. The zero-order chi connectivity index (χ0) is 11.4. The Kier molecular flexibility index (Phi) is 3.86. The van der Waals surface area contributed by atoms with Gasteiger partial charge in [0.15, 0.2) is 0 Å². The highest BCUT2D eigenvalue weighted by atomic mass is 35.5. The van der Waals surface area contributed by atoms with E-state index >= 15 is 0 Å². The van der Waals surface area contributed by atoms with Gasteiger partial charge in [-0.25, -0.2) is 4.39 Å². The van der Waals surface area contributed by atoms with Crippen molar-refractivity contribution in [3.63, 3.8) is 0 Å². The lowest BCUT2D eigenvalue weighted by Crippen LogP contribution is -1.86. The molecule has 0 aliphatic rings. The molecule has 16 heavy (non-hydrogen) atoms. The van der Waals surface area contributed by atoms with Crippen LogP contribution in [0.4, 0.5) is 4.39 Å². The van der Waals surface area contributed by atoms with Crippen LogP contribution in [0.2, 0.25) is 5.02 Å². The number of hydrogen-bond acceptors (Lipinski definition) is 1. The fourth-order valence-electron chi connectivity index (χ4n) is 1.33. The summed E-state index contributed by atoms with van der Waals surface area (Å²) in [7, 11) is 0. The highest BCUT2D eigenvalue weighted by Gasteiger charge is 2.01. The number of thioether (sulfide) groups is 1. The Morgan fingerprint density at radius 2 is 1.88 bits per heavy atom. The van der Waals surface area contributed by atoms with Crippen LogP contribution in [0.25, 0.3) is 0 Å². The van der Waals surface area contributed by atoms with Gasteiger partial charge >= 0.3 is 0 Å². The molecule has 0 aliphatic carbocycles. The highest BCUT2D eigenvalue weighted by Crippen LogP contribution is 2.25. The molecule has 0 spiro atoms. The van der Waals surface area contributed by atoms with Gasteiger partial charge < -0.3 is 0 Å². The molecule has 0 N–H and O–H groups in total. The van der Waals surface area contributed by atoms with Crippen molar-refractivity contribution in [2.45, 2.75) is 10.6 Å². The van der Waals surface area contributed by atoms with Crippen LogP contribution in [0.5, 0.6) is 0 Å². The summed E-state index contributed by atoms with van der Waals surface area (Å²) < 4.78 is 13.3. The first kappa shape index (κ1) is 11.5. The number of rotatable bonds is 3. The van der Waals surface area contributed by atoms with Crippen LogP contribution in [0.1, 0.15) is 5.56 Å². The van der Waals surface area contributed by atoms with Crippen molar-refractivity contribution in [3.05, 3.63) is 64.9 Å². The molecule has 3 heteroatoms. The maximum absolute atomic E-state index is 13.3. The maximum Gasteiger partial charge on any atom is 0.127 e. The van der Waals surface area contributed by atoms with Crippen molar-refractivity contribution in [1.82, 2.24) is 0 Å². The van der Waals surface area contributed by atoms with E-state index in [9.17, 15) is 4.39 Å². The lowest BCUT2D eigenvalue weighted by atomic mass is 10.2. The van der Waals surface area contributed by atoms with E-state index in [1.54, 1.807) is 23.9 Å². The lowest BCUT2D eigenvalue weighted by molar-refractivity contribution is 0.617. The van der Waals surface area contributed by atoms with E-state index in [1.165, 1.54) is 6.07 Å². The third kappa shape index (κ3) is 3.00. The van der Waals surface area contributed by atoms with E-state index in [0.29, 0.717) is 16.3 Å². The summed E-state index contributed by atoms with van der Waals surface area (Å²) >= 11 is 7.45. The molecule has 0 amide bonds. The van der Waals surface area contributed by atoms with Crippen LogP contribution in [-0.2, 0) is 5.75 Å². The Hall–Kier alpha value is -0.990. The zero-order valence-corrected chi connectivity index (χ0v) is 10.1. The highest BCUT2D eigenvalue weighted by molar-refractivity contribution is 7.98. The van der Waals surface area contributed by atoms with E-state index < -0.39 is 0 Å². The number of halogens is 2. The van der Waals surface area contributed by atoms with Gasteiger partial charge in [0, 0.05) is 15.7 Å². The minimum absolute atomic E-state index is 0.156. The second-order valence-corrected chi connectivity index (χ2v) is 4.82. The summed E-state index contributed by atoms with van der Waals surface area (Å²) in [4.78, 5) is 1.05. The molecule has 0 nitrogen and oxygen atoms in total. The van der Waals surface area contributed by atoms with Crippen LogP contribution in [0, 0.1) is 5.82 Å². The van der Waals surface area contributed by atoms with Crippen LogP contribution in [-0.4, -0.2) is 0 Å². The first-order valence-electron chi connectivity index (χ1n) is 4.87. The van der Waals surface area contributed by atoms with E-state index in [-0.39, 0.29) is 5.82 Å². The van der Waals surface area contributed by atoms with Gasteiger partial charge in [-0.2, -0.15) is 0 Å². The summed E-state index contributed by atoms with van der Waals surface area (Å²) in [6.45, 7) is 0. The second kappa shape index (κ2) is 5.37. The van der Waals surface area contributed by atoms with Gasteiger partial charge in [0.25, 0.3) is 0 Å². The lowest BCUT2D eigenvalue weighted by Gasteiger charge is -2.03. The predicted molar refractivity (Wildman–Crippen MR) is 67.4 cm³/mol. The van der Waals surface area contributed by atoms with Crippen molar-refractivity contribution < 1.29 is 4.39 Å². The Balaban J connectivity index is 2.05. The minimum atomic E-state index is -0.156. The van der Waals surface area contributed by atoms with Gasteiger partial charge in [0.05, 0.1) is 0 Å². The normalized spacial score (nSPS) is 10.4.